The highest BCUT2D eigenvalue weighted by molar-refractivity contribution is 5.23. The highest BCUT2D eigenvalue weighted by Crippen LogP contribution is 2.36. The van der Waals surface area contributed by atoms with Crippen molar-refractivity contribution in [2.45, 2.75) is 19.4 Å². The number of hydrogen-bond acceptors (Lipinski definition) is 2. The molecule has 1 aliphatic rings. The van der Waals surface area contributed by atoms with Gasteiger partial charge in [-0.2, -0.15) is 0 Å². The van der Waals surface area contributed by atoms with Crippen LogP contribution in [0.25, 0.3) is 0 Å². The largest absolute Gasteiger partial charge is 0.373 e. The summed E-state index contributed by atoms with van der Waals surface area (Å²) >= 11 is 0. The zero-order valence-electron chi connectivity index (χ0n) is 9.88. The van der Waals surface area contributed by atoms with Crippen LogP contribution in [-0.4, -0.2) is 19.7 Å². The van der Waals surface area contributed by atoms with Crippen molar-refractivity contribution in [3.63, 3.8) is 0 Å². The smallest absolute Gasteiger partial charge is 0.131 e. The van der Waals surface area contributed by atoms with Crippen LogP contribution in [0.4, 0.5) is 8.78 Å². The van der Waals surface area contributed by atoms with E-state index >= 15 is 0 Å². The van der Waals surface area contributed by atoms with Crippen molar-refractivity contribution in [2.75, 3.05) is 19.7 Å². The molecule has 0 bridgehead atoms. The zero-order valence-corrected chi connectivity index (χ0v) is 9.88. The Morgan fingerprint density at radius 2 is 2.06 bits per heavy atom. The number of hydrogen-bond donors (Lipinski definition) is 1. The molecule has 0 amide bonds. The van der Waals surface area contributed by atoms with Gasteiger partial charge >= 0.3 is 0 Å². The molecule has 1 aromatic carbocycles. The first kappa shape index (κ1) is 12.5. The minimum absolute atomic E-state index is 0.0768. The van der Waals surface area contributed by atoms with Gasteiger partial charge in [0.1, 0.15) is 11.6 Å². The van der Waals surface area contributed by atoms with Crippen molar-refractivity contribution < 1.29 is 13.5 Å². The van der Waals surface area contributed by atoms with Gasteiger partial charge in [0.25, 0.3) is 0 Å². The molecule has 94 valence electrons. The van der Waals surface area contributed by atoms with Crippen molar-refractivity contribution in [2.24, 2.45) is 5.92 Å². The molecular weight excluding hydrogens is 224 g/mol. The van der Waals surface area contributed by atoms with Gasteiger partial charge in [-0.05, 0) is 25.1 Å². The maximum absolute atomic E-state index is 13.7. The predicted molar refractivity (Wildman–Crippen MR) is 61.7 cm³/mol. The maximum Gasteiger partial charge on any atom is 0.131 e. The van der Waals surface area contributed by atoms with Gasteiger partial charge in [-0.15, -0.1) is 0 Å². The number of nitrogens with one attached hydrogen (secondary N) is 1. The molecule has 0 spiro atoms. The third-order valence-electron chi connectivity index (χ3n) is 3.15. The number of ether oxygens (including phenoxy) is 1. The monoisotopic (exact) mass is 241 g/mol. The Balaban J connectivity index is 2.20. The summed E-state index contributed by atoms with van der Waals surface area (Å²) in [5, 5.41) is 3.20. The first-order chi connectivity index (χ1) is 8.24. The maximum atomic E-state index is 13.7. The Morgan fingerprint density at radius 3 is 2.71 bits per heavy atom. The summed E-state index contributed by atoms with van der Waals surface area (Å²) in [5.74, 6) is -0.891. The summed E-state index contributed by atoms with van der Waals surface area (Å²) in [6, 6.07) is 3.94. The summed E-state index contributed by atoms with van der Waals surface area (Å²) in [4.78, 5) is 0. The summed E-state index contributed by atoms with van der Waals surface area (Å²) in [7, 11) is 0. The molecule has 0 saturated carbocycles. The van der Waals surface area contributed by atoms with Crippen LogP contribution in [0.2, 0.25) is 0 Å². The fourth-order valence-corrected chi connectivity index (χ4v) is 2.27. The number of halogens is 2. The van der Waals surface area contributed by atoms with E-state index in [1.165, 1.54) is 18.2 Å². The van der Waals surface area contributed by atoms with E-state index < -0.39 is 17.7 Å². The Kier molecular flexibility index (Phi) is 4.07. The van der Waals surface area contributed by atoms with Crippen molar-refractivity contribution >= 4 is 0 Å². The van der Waals surface area contributed by atoms with Crippen molar-refractivity contribution in [1.29, 1.82) is 0 Å². The third kappa shape index (κ3) is 2.64. The average Bonchev–Trinajstić information content (AvgIpc) is 2.74. The topological polar surface area (TPSA) is 21.3 Å². The lowest BCUT2D eigenvalue weighted by molar-refractivity contribution is 0.0843. The predicted octanol–water partition coefficient (Wildman–Crippen LogP) is 2.65. The van der Waals surface area contributed by atoms with Gasteiger partial charge in [-0.1, -0.05) is 13.0 Å². The second-order valence-corrected chi connectivity index (χ2v) is 4.28. The molecule has 0 aliphatic carbocycles. The Labute approximate surface area is 100.0 Å². The molecule has 17 heavy (non-hydrogen) atoms. The first-order valence-corrected chi connectivity index (χ1v) is 6.00. The van der Waals surface area contributed by atoms with E-state index in [-0.39, 0.29) is 11.5 Å². The molecule has 0 aromatic heterocycles. The van der Waals surface area contributed by atoms with Crippen molar-refractivity contribution in [1.82, 2.24) is 5.32 Å². The molecule has 1 heterocycles. The van der Waals surface area contributed by atoms with E-state index in [1.54, 1.807) is 0 Å². The van der Waals surface area contributed by atoms with Gasteiger partial charge < -0.3 is 10.1 Å². The summed E-state index contributed by atoms with van der Waals surface area (Å²) < 4.78 is 32.8. The molecule has 1 fully saturated rings. The average molecular weight is 241 g/mol. The SMILES string of the molecule is CCNCC1CCOC1c1c(F)cccc1F. The Morgan fingerprint density at radius 1 is 1.35 bits per heavy atom. The number of benzene rings is 1. The molecule has 1 N–H and O–H groups in total. The summed E-state index contributed by atoms with van der Waals surface area (Å²) in [6.07, 6.45) is 0.376. The lowest BCUT2D eigenvalue weighted by Gasteiger charge is -2.20. The van der Waals surface area contributed by atoms with Gasteiger partial charge in [0.2, 0.25) is 0 Å². The molecule has 1 aliphatic heterocycles. The van der Waals surface area contributed by atoms with Gasteiger partial charge in [-0.3, -0.25) is 0 Å². The van der Waals surface area contributed by atoms with E-state index in [0.717, 1.165) is 19.5 Å². The van der Waals surface area contributed by atoms with E-state index in [0.29, 0.717) is 6.61 Å². The van der Waals surface area contributed by atoms with E-state index in [9.17, 15) is 8.78 Å². The van der Waals surface area contributed by atoms with Crippen LogP contribution < -0.4 is 5.32 Å². The normalized spacial score (nSPS) is 24.2. The van der Waals surface area contributed by atoms with Crippen LogP contribution in [0.1, 0.15) is 25.0 Å². The van der Waals surface area contributed by atoms with Crippen LogP contribution in [0.3, 0.4) is 0 Å². The Hall–Kier alpha value is -1.00. The Bertz CT molecular complexity index is 363. The highest BCUT2D eigenvalue weighted by Gasteiger charge is 2.33. The molecule has 1 aromatic rings. The lowest BCUT2D eigenvalue weighted by atomic mass is 9.94. The molecule has 2 rings (SSSR count). The molecule has 2 atom stereocenters. The molecule has 0 radical (unpaired) electrons. The second kappa shape index (κ2) is 5.56. The van der Waals surface area contributed by atoms with E-state index in [1.807, 2.05) is 6.92 Å². The van der Waals surface area contributed by atoms with Crippen LogP contribution in [0.15, 0.2) is 18.2 Å². The van der Waals surface area contributed by atoms with Crippen LogP contribution in [0, 0.1) is 17.6 Å². The second-order valence-electron chi connectivity index (χ2n) is 4.28. The van der Waals surface area contributed by atoms with Crippen LogP contribution >= 0.6 is 0 Å². The number of rotatable bonds is 4. The van der Waals surface area contributed by atoms with Crippen LogP contribution in [-0.2, 0) is 4.74 Å². The highest BCUT2D eigenvalue weighted by atomic mass is 19.1. The minimum atomic E-state index is -0.515. The molecule has 4 heteroatoms. The third-order valence-corrected chi connectivity index (χ3v) is 3.15. The molecule has 2 unspecified atom stereocenters. The quantitative estimate of drug-likeness (QED) is 0.875. The molecule has 1 saturated heterocycles. The van der Waals surface area contributed by atoms with Gasteiger partial charge in [-0.25, -0.2) is 8.78 Å². The minimum Gasteiger partial charge on any atom is -0.373 e. The van der Waals surface area contributed by atoms with Gasteiger partial charge in [0.15, 0.2) is 0 Å². The lowest BCUT2D eigenvalue weighted by Crippen LogP contribution is -2.25. The first-order valence-electron chi connectivity index (χ1n) is 6.00. The van der Waals surface area contributed by atoms with E-state index in [2.05, 4.69) is 5.32 Å². The van der Waals surface area contributed by atoms with E-state index in [4.69, 9.17) is 4.74 Å². The van der Waals surface area contributed by atoms with Gasteiger partial charge in [0.05, 0.1) is 11.7 Å². The van der Waals surface area contributed by atoms with Crippen molar-refractivity contribution in [3.05, 3.63) is 35.4 Å². The van der Waals surface area contributed by atoms with Crippen molar-refractivity contribution in [3.8, 4) is 0 Å². The molecule has 2 nitrogen and oxygen atoms in total. The fraction of sp³-hybridized carbons (Fsp3) is 0.538. The summed E-state index contributed by atoms with van der Waals surface area (Å²) in [5.41, 5.74) is 0.0768. The van der Waals surface area contributed by atoms with Gasteiger partial charge in [0, 0.05) is 19.1 Å². The molecular formula is C13H17F2NO. The fourth-order valence-electron chi connectivity index (χ4n) is 2.27. The summed E-state index contributed by atoms with van der Waals surface area (Å²) in [6.45, 7) is 4.15. The van der Waals surface area contributed by atoms with Crippen LogP contribution in [0.5, 0.6) is 0 Å². The standard InChI is InChI=1S/C13H17F2NO/c1-2-16-8-9-6-7-17-13(9)12-10(14)4-3-5-11(12)15/h3-5,9,13,16H,2,6-8H2,1H3. The zero-order chi connectivity index (χ0) is 12.3.